The maximum absolute atomic E-state index is 10.9. The van der Waals surface area contributed by atoms with Crippen LogP contribution in [0.4, 0.5) is 0 Å². The largest absolute Gasteiger partial charge is 0.381 e. The third-order valence-corrected chi connectivity index (χ3v) is 3.07. The molecule has 0 spiro atoms. The van der Waals surface area contributed by atoms with E-state index >= 15 is 0 Å². The molecule has 0 N–H and O–H groups in total. The van der Waals surface area contributed by atoms with Gasteiger partial charge >= 0.3 is 0 Å². The number of hydrogen-bond donors (Lipinski definition) is 0. The van der Waals surface area contributed by atoms with E-state index in [0.29, 0.717) is 0 Å². The van der Waals surface area contributed by atoms with Gasteiger partial charge in [0.05, 0.1) is 0 Å². The maximum Gasteiger partial charge on any atom is 0.219 e. The van der Waals surface area contributed by atoms with Gasteiger partial charge in [-0.05, 0) is 33.1 Å². The first kappa shape index (κ1) is 14.4. The lowest BCUT2D eigenvalue weighted by Gasteiger charge is -2.33. The summed E-state index contributed by atoms with van der Waals surface area (Å²) in [6.07, 6.45) is 3.54. The van der Waals surface area contributed by atoms with Gasteiger partial charge in [0.1, 0.15) is 0 Å². The van der Waals surface area contributed by atoms with Crippen LogP contribution in [0.1, 0.15) is 47.0 Å². The van der Waals surface area contributed by atoms with Gasteiger partial charge in [-0.3, -0.25) is 4.79 Å². The van der Waals surface area contributed by atoms with E-state index in [1.807, 2.05) is 7.05 Å². The molecule has 0 bridgehead atoms. The van der Waals surface area contributed by atoms with Crippen molar-refractivity contribution in [2.24, 2.45) is 0 Å². The van der Waals surface area contributed by atoms with Gasteiger partial charge in [-0.2, -0.15) is 0 Å². The summed E-state index contributed by atoms with van der Waals surface area (Å²) >= 11 is 0. The Bertz CT molecular complexity index is 178. The molecule has 90 valence electrons. The first-order chi connectivity index (χ1) is 6.91. The molecular weight excluding hydrogens is 190 g/mol. The monoisotopic (exact) mass is 215 g/mol. The number of ether oxygens (including phenoxy) is 1. The van der Waals surface area contributed by atoms with Crippen LogP contribution >= 0.6 is 0 Å². The Balaban J connectivity index is 0.000000322. The highest BCUT2D eigenvalue weighted by atomic mass is 16.5. The minimum absolute atomic E-state index is 0.00579. The Morgan fingerprint density at radius 2 is 1.80 bits per heavy atom. The molecule has 1 aliphatic heterocycles. The van der Waals surface area contributed by atoms with Gasteiger partial charge in [0.25, 0.3) is 0 Å². The summed E-state index contributed by atoms with van der Waals surface area (Å²) in [5.74, 6) is 0.131. The zero-order valence-corrected chi connectivity index (χ0v) is 10.8. The Labute approximate surface area is 93.8 Å². The van der Waals surface area contributed by atoms with Gasteiger partial charge in [-0.1, -0.05) is 6.92 Å². The fourth-order valence-corrected chi connectivity index (χ4v) is 1.17. The fraction of sp³-hybridized carbons (Fsp3) is 0.917. The van der Waals surface area contributed by atoms with Crippen LogP contribution in [0.2, 0.25) is 0 Å². The van der Waals surface area contributed by atoms with E-state index in [2.05, 4.69) is 20.8 Å². The molecule has 0 saturated carbocycles. The molecule has 0 aromatic carbocycles. The molecule has 0 aliphatic carbocycles. The topological polar surface area (TPSA) is 29.5 Å². The van der Waals surface area contributed by atoms with E-state index in [-0.39, 0.29) is 11.4 Å². The lowest BCUT2D eigenvalue weighted by Crippen LogP contribution is -2.43. The van der Waals surface area contributed by atoms with E-state index in [1.165, 1.54) is 12.8 Å². The highest BCUT2D eigenvalue weighted by Crippen LogP contribution is 2.15. The first-order valence-electron chi connectivity index (χ1n) is 5.74. The molecule has 1 rings (SSSR count). The molecule has 1 aliphatic rings. The molecule has 0 radical (unpaired) electrons. The number of nitrogens with zero attached hydrogens (tertiary/aromatic N) is 1. The fourth-order valence-electron chi connectivity index (χ4n) is 1.17. The predicted molar refractivity (Wildman–Crippen MR) is 62.9 cm³/mol. The van der Waals surface area contributed by atoms with Crippen molar-refractivity contribution in [2.45, 2.75) is 52.5 Å². The van der Waals surface area contributed by atoms with Crippen LogP contribution in [0.25, 0.3) is 0 Å². The summed E-state index contributed by atoms with van der Waals surface area (Å²) in [7, 11) is 1.84. The van der Waals surface area contributed by atoms with Crippen molar-refractivity contribution in [2.75, 3.05) is 20.3 Å². The van der Waals surface area contributed by atoms with E-state index in [4.69, 9.17) is 4.74 Å². The van der Waals surface area contributed by atoms with Crippen LogP contribution < -0.4 is 0 Å². The molecule has 3 heteroatoms. The van der Waals surface area contributed by atoms with Crippen molar-refractivity contribution >= 4 is 5.91 Å². The summed E-state index contributed by atoms with van der Waals surface area (Å²) in [5, 5.41) is 0. The standard InChI is InChI=1S/C8H17NO.C4H8O/c1-6-8(3,4)9(5)7(2)10;1-2-4-5-3-1/h6H2,1-5H3;1-4H2. The highest BCUT2D eigenvalue weighted by Gasteiger charge is 2.22. The molecule has 15 heavy (non-hydrogen) atoms. The Hall–Kier alpha value is -0.570. The SMILES string of the molecule is C1CCOC1.CCC(C)(C)N(C)C(C)=O. The van der Waals surface area contributed by atoms with Crippen LogP contribution in [0.3, 0.4) is 0 Å². The average Bonchev–Trinajstić information content (AvgIpc) is 2.74. The Morgan fingerprint density at radius 3 is 1.93 bits per heavy atom. The molecular formula is C12H25NO2. The molecule has 0 atom stereocenters. The second kappa shape index (κ2) is 6.83. The highest BCUT2D eigenvalue weighted by molar-refractivity contribution is 5.73. The summed E-state index contributed by atoms with van der Waals surface area (Å²) in [4.78, 5) is 12.6. The summed E-state index contributed by atoms with van der Waals surface area (Å²) in [6.45, 7) is 9.81. The molecule has 1 amide bonds. The molecule has 1 fully saturated rings. The van der Waals surface area contributed by atoms with Crippen molar-refractivity contribution in [3.63, 3.8) is 0 Å². The van der Waals surface area contributed by atoms with E-state index in [9.17, 15) is 4.79 Å². The minimum Gasteiger partial charge on any atom is -0.381 e. The van der Waals surface area contributed by atoms with Gasteiger partial charge in [0.15, 0.2) is 0 Å². The van der Waals surface area contributed by atoms with Gasteiger partial charge < -0.3 is 9.64 Å². The van der Waals surface area contributed by atoms with Gasteiger partial charge in [0, 0.05) is 32.7 Å². The first-order valence-corrected chi connectivity index (χ1v) is 5.74. The smallest absolute Gasteiger partial charge is 0.219 e. The minimum atomic E-state index is 0.00579. The van der Waals surface area contributed by atoms with Crippen molar-refractivity contribution in [1.82, 2.24) is 4.90 Å². The van der Waals surface area contributed by atoms with Crippen molar-refractivity contribution in [3.05, 3.63) is 0 Å². The number of carbonyl (C=O) groups is 1. The second-order valence-electron chi connectivity index (χ2n) is 4.56. The van der Waals surface area contributed by atoms with Crippen LogP contribution in [0.5, 0.6) is 0 Å². The van der Waals surface area contributed by atoms with Crippen molar-refractivity contribution < 1.29 is 9.53 Å². The molecule has 1 heterocycles. The Morgan fingerprint density at radius 1 is 1.33 bits per heavy atom. The quantitative estimate of drug-likeness (QED) is 0.708. The normalized spacial score (nSPS) is 15.5. The van der Waals surface area contributed by atoms with Gasteiger partial charge in [-0.15, -0.1) is 0 Å². The predicted octanol–water partition coefficient (Wildman–Crippen LogP) is 2.45. The third-order valence-electron chi connectivity index (χ3n) is 3.07. The van der Waals surface area contributed by atoms with E-state index in [1.54, 1.807) is 11.8 Å². The summed E-state index contributed by atoms with van der Waals surface area (Å²) < 4.78 is 4.94. The maximum atomic E-state index is 10.9. The second-order valence-corrected chi connectivity index (χ2v) is 4.56. The van der Waals surface area contributed by atoms with Gasteiger partial charge in [-0.25, -0.2) is 0 Å². The van der Waals surface area contributed by atoms with Crippen LogP contribution in [-0.4, -0.2) is 36.6 Å². The molecule has 3 nitrogen and oxygen atoms in total. The zero-order valence-electron chi connectivity index (χ0n) is 10.8. The number of hydrogen-bond acceptors (Lipinski definition) is 2. The number of rotatable bonds is 2. The molecule has 0 unspecified atom stereocenters. The van der Waals surface area contributed by atoms with Gasteiger partial charge in [0.2, 0.25) is 5.91 Å². The van der Waals surface area contributed by atoms with Crippen LogP contribution in [0.15, 0.2) is 0 Å². The molecule has 1 saturated heterocycles. The van der Waals surface area contributed by atoms with Crippen molar-refractivity contribution in [1.29, 1.82) is 0 Å². The van der Waals surface area contributed by atoms with Crippen LogP contribution in [-0.2, 0) is 9.53 Å². The molecule has 0 aromatic rings. The number of carbonyl (C=O) groups excluding carboxylic acids is 1. The lowest BCUT2D eigenvalue weighted by molar-refractivity contribution is -0.132. The third kappa shape index (κ3) is 5.78. The van der Waals surface area contributed by atoms with E-state index < -0.39 is 0 Å². The summed E-state index contributed by atoms with van der Waals surface area (Å²) in [6, 6.07) is 0. The van der Waals surface area contributed by atoms with Crippen LogP contribution in [0, 0.1) is 0 Å². The van der Waals surface area contributed by atoms with E-state index in [0.717, 1.165) is 19.6 Å². The lowest BCUT2D eigenvalue weighted by atomic mass is 10.0. The Kier molecular flexibility index (Phi) is 6.57. The average molecular weight is 215 g/mol. The zero-order chi connectivity index (χ0) is 11.9. The number of amides is 1. The molecule has 0 aromatic heterocycles. The summed E-state index contributed by atoms with van der Waals surface area (Å²) in [5.41, 5.74) is 0.00579. The van der Waals surface area contributed by atoms with Crippen molar-refractivity contribution in [3.8, 4) is 0 Å².